The molecule has 2 heteroatoms. The monoisotopic (exact) mass is 255 g/mol. The molecule has 2 aromatic rings. The SMILES string of the molecule is Cc1cccc(NC[Si](C)(C)c2ccccc2)c1. The molecule has 0 heterocycles. The third-order valence-electron chi connectivity index (χ3n) is 3.31. The Morgan fingerprint density at radius 2 is 1.67 bits per heavy atom. The van der Waals surface area contributed by atoms with Crippen molar-refractivity contribution in [3.8, 4) is 0 Å². The van der Waals surface area contributed by atoms with Crippen LogP contribution >= 0.6 is 0 Å². The van der Waals surface area contributed by atoms with Crippen molar-refractivity contribution in [2.45, 2.75) is 20.0 Å². The molecule has 0 fully saturated rings. The molecule has 0 aliphatic carbocycles. The van der Waals surface area contributed by atoms with Gasteiger partial charge in [0.25, 0.3) is 0 Å². The minimum absolute atomic E-state index is 1.07. The summed E-state index contributed by atoms with van der Waals surface area (Å²) in [5, 5.41) is 5.09. The zero-order valence-corrected chi connectivity index (χ0v) is 12.4. The average Bonchev–Trinajstić information content (AvgIpc) is 2.38. The van der Waals surface area contributed by atoms with Gasteiger partial charge in [-0.1, -0.05) is 60.7 Å². The number of anilines is 1. The van der Waals surface area contributed by atoms with Gasteiger partial charge in [0.2, 0.25) is 0 Å². The highest BCUT2D eigenvalue weighted by Crippen LogP contribution is 2.11. The Kier molecular flexibility index (Phi) is 3.87. The molecule has 0 spiro atoms. The molecule has 0 unspecified atom stereocenters. The van der Waals surface area contributed by atoms with Crippen LogP contribution < -0.4 is 10.5 Å². The quantitative estimate of drug-likeness (QED) is 0.824. The Morgan fingerprint density at radius 1 is 0.944 bits per heavy atom. The van der Waals surface area contributed by atoms with E-state index in [1.165, 1.54) is 16.4 Å². The van der Waals surface area contributed by atoms with E-state index in [0.29, 0.717) is 0 Å². The van der Waals surface area contributed by atoms with E-state index in [4.69, 9.17) is 0 Å². The summed E-state index contributed by atoms with van der Waals surface area (Å²) in [4.78, 5) is 0. The Hall–Kier alpha value is -1.54. The third-order valence-corrected chi connectivity index (χ3v) is 6.26. The van der Waals surface area contributed by atoms with Crippen LogP contribution in [-0.4, -0.2) is 14.2 Å². The first-order chi connectivity index (χ1) is 8.58. The zero-order valence-electron chi connectivity index (χ0n) is 11.4. The summed E-state index contributed by atoms with van der Waals surface area (Å²) in [6.07, 6.45) is 1.07. The molecule has 0 aromatic heterocycles. The molecule has 94 valence electrons. The fourth-order valence-electron chi connectivity index (χ4n) is 2.07. The van der Waals surface area contributed by atoms with Crippen molar-refractivity contribution < 1.29 is 0 Å². The summed E-state index contributed by atoms with van der Waals surface area (Å²) in [5.74, 6) is 0. The summed E-state index contributed by atoms with van der Waals surface area (Å²) < 4.78 is 0. The molecule has 18 heavy (non-hydrogen) atoms. The molecule has 1 N–H and O–H groups in total. The minimum Gasteiger partial charge on any atom is -0.388 e. The highest BCUT2D eigenvalue weighted by molar-refractivity contribution is 6.90. The fourth-order valence-corrected chi connectivity index (χ4v) is 4.01. The van der Waals surface area contributed by atoms with Crippen molar-refractivity contribution in [3.05, 3.63) is 60.2 Å². The first-order valence-electron chi connectivity index (χ1n) is 6.44. The second-order valence-electron chi connectivity index (χ2n) is 5.47. The fraction of sp³-hybridized carbons (Fsp3) is 0.250. The first kappa shape index (κ1) is 12.9. The maximum atomic E-state index is 3.59. The Bertz CT molecular complexity index is 506. The predicted molar refractivity (Wildman–Crippen MR) is 83.2 cm³/mol. The number of hydrogen-bond acceptors (Lipinski definition) is 1. The number of benzene rings is 2. The summed E-state index contributed by atoms with van der Waals surface area (Å²) in [6, 6.07) is 19.4. The number of aryl methyl sites for hydroxylation is 1. The van der Waals surface area contributed by atoms with E-state index in [0.717, 1.165) is 6.17 Å². The van der Waals surface area contributed by atoms with E-state index in [1.54, 1.807) is 0 Å². The van der Waals surface area contributed by atoms with Gasteiger partial charge in [0.15, 0.2) is 0 Å². The van der Waals surface area contributed by atoms with E-state index in [2.05, 4.69) is 79.9 Å². The van der Waals surface area contributed by atoms with Crippen molar-refractivity contribution in [2.75, 3.05) is 11.5 Å². The normalized spacial score (nSPS) is 11.3. The number of hydrogen-bond donors (Lipinski definition) is 1. The van der Waals surface area contributed by atoms with Gasteiger partial charge in [-0.2, -0.15) is 0 Å². The van der Waals surface area contributed by atoms with Gasteiger partial charge in [0.1, 0.15) is 8.07 Å². The number of rotatable bonds is 4. The van der Waals surface area contributed by atoms with Gasteiger partial charge in [0, 0.05) is 11.9 Å². The van der Waals surface area contributed by atoms with Crippen LogP contribution in [0, 0.1) is 6.92 Å². The van der Waals surface area contributed by atoms with Crippen LogP contribution in [-0.2, 0) is 0 Å². The second kappa shape index (κ2) is 5.40. The van der Waals surface area contributed by atoms with Crippen LogP contribution in [0.4, 0.5) is 5.69 Å². The van der Waals surface area contributed by atoms with E-state index in [9.17, 15) is 0 Å². The van der Waals surface area contributed by atoms with Gasteiger partial charge in [-0.05, 0) is 24.6 Å². The highest BCUT2D eigenvalue weighted by atomic mass is 28.3. The molecule has 2 aromatic carbocycles. The molecule has 1 nitrogen and oxygen atoms in total. The predicted octanol–water partition coefficient (Wildman–Crippen LogP) is 3.56. The molecule has 0 aliphatic rings. The van der Waals surface area contributed by atoms with E-state index < -0.39 is 8.07 Å². The largest absolute Gasteiger partial charge is 0.388 e. The molecular formula is C16H21NSi. The molecule has 2 rings (SSSR count). The molecule has 0 bridgehead atoms. The minimum atomic E-state index is -1.39. The summed E-state index contributed by atoms with van der Waals surface area (Å²) >= 11 is 0. The van der Waals surface area contributed by atoms with Crippen LogP contribution in [0.2, 0.25) is 13.1 Å². The van der Waals surface area contributed by atoms with Gasteiger partial charge in [-0.3, -0.25) is 0 Å². The average molecular weight is 255 g/mol. The van der Waals surface area contributed by atoms with Crippen LogP contribution in [0.1, 0.15) is 5.56 Å². The van der Waals surface area contributed by atoms with E-state index in [1.807, 2.05) is 0 Å². The highest BCUT2D eigenvalue weighted by Gasteiger charge is 2.22. The molecule has 0 saturated carbocycles. The summed E-state index contributed by atoms with van der Waals surface area (Å²) in [5.41, 5.74) is 2.53. The molecule has 0 atom stereocenters. The second-order valence-corrected chi connectivity index (χ2v) is 10.2. The Morgan fingerprint density at radius 3 is 2.33 bits per heavy atom. The van der Waals surface area contributed by atoms with Crippen LogP contribution in [0.15, 0.2) is 54.6 Å². The molecule has 0 amide bonds. The lowest BCUT2D eigenvalue weighted by Gasteiger charge is -2.24. The molecule has 0 aliphatic heterocycles. The standard InChI is InChI=1S/C16H21NSi/c1-14-8-7-9-15(12-14)17-13-18(2,3)16-10-5-4-6-11-16/h4-12,17H,13H2,1-3H3. The van der Waals surface area contributed by atoms with Crippen LogP contribution in [0.3, 0.4) is 0 Å². The van der Waals surface area contributed by atoms with E-state index >= 15 is 0 Å². The van der Waals surface area contributed by atoms with Crippen molar-refractivity contribution in [3.63, 3.8) is 0 Å². The molecule has 0 saturated heterocycles. The van der Waals surface area contributed by atoms with Gasteiger partial charge >= 0.3 is 0 Å². The summed E-state index contributed by atoms with van der Waals surface area (Å²) in [7, 11) is -1.39. The lowest BCUT2D eigenvalue weighted by Crippen LogP contribution is -2.48. The Labute approximate surface area is 111 Å². The Balaban J connectivity index is 2.05. The maximum absolute atomic E-state index is 3.59. The van der Waals surface area contributed by atoms with Crippen molar-refractivity contribution in [1.29, 1.82) is 0 Å². The molecule has 0 radical (unpaired) electrons. The molecular weight excluding hydrogens is 234 g/mol. The van der Waals surface area contributed by atoms with Crippen LogP contribution in [0.25, 0.3) is 0 Å². The zero-order chi connectivity index (χ0) is 13.0. The maximum Gasteiger partial charge on any atom is 0.101 e. The van der Waals surface area contributed by atoms with E-state index in [-0.39, 0.29) is 0 Å². The van der Waals surface area contributed by atoms with Gasteiger partial charge in [-0.15, -0.1) is 0 Å². The third kappa shape index (κ3) is 3.23. The van der Waals surface area contributed by atoms with Gasteiger partial charge in [0.05, 0.1) is 0 Å². The lowest BCUT2D eigenvalue weighted by molar-refractivity contribution is 1.35. The summed E-state index contributed by atoms with van der Waals surface area (Å²) in [6.45, 7) is 6.95. The van der Waals surface area contributed by atoms with Gasteiger partial charge in [-0.25, -0.2) is 0 Å². The van der Waals surface area contributed by atoms with Crippen molar-refractivity contribution in [2.24, 2.45) is 0 Å². The van der Waals surface area contributed by atoms with Crippen molar-refractivity contribution >= 4 is 18.9 Å². The number of nitrogens with one attached hydrogen (secondary N) is 1. The smallest absolute Gasteiger partial charge is 0.101 e. The lowest BCUT2D eigenvalue weighted by atomic mass is 10.2. The van der Waals surface area contributed by atoms with Gasteiger partial charge < -0.3 is 5.32 Å². The first-order valence-corrected chi connectivity index (χ1v) is 9.65. The van der Waals surface area contributed by atoms with Crippen LogP contribution in [0.5, 0.6) is 0 Å². The van der Waals surface area contributed by atoms with Crippen molar-refractivity contribution in [1.82, 2.24) is 0 Å². The topological polar surface area (TPSA) is 12.0 Å².